The van der Waals surface area contributed by atoms with E-state index in [1.807, 2.05) is 4.90 Å². The number of hydrogen-bond acceptors (Lipinski definition) is 7. The van der Waals surface area contributed by atoms with Gasteiger partial charge in [-0.2, -0.15) is 0 Å². The van der Waals surface area contributed by atoms with Crippen LogP contribution in [0.1, 0.15) is 30.6 Å². The summed E-state index contributed by atoms with van der Waals surface area (Å²) in [6, 6.07) is 1.48. The summed E-state index contributed by atoms with van der Waals surface area (Å²) in [6.07, 6.45) is 2.64. The quantitative estimate of drug-likeness (QED) is 0.567. The van der Waals surface area contributed by atoms with E-state index in [9.17, 15) is 18.7 Å². The van der Waals surface area contributed by atoms with Gasteiger partial charge in [-0.25, -0.2) is 23.7 Å². The Balaban J connectivity index is 1.67. The molecule has 0 bridgehead atoms. The van der Waals surface area contributed by atoms with Gasteiger partial charge < -0.3 is 20.6 Å². The fraction of sp³-hybridized carbons (Fsp3) is 0.474. The van der Waals surface area contributed by atoms with E-state index < -0.39 is 23.5 Å². The molecule has 30 heavy (non-hydrogen) atoms. The number of alkyl halides is 1. The molecule has 1 aliphatic heterocycles. The molecule has 0 unspecified atom stereocenters. The predicted molar refractivity (Wildman–Crippen MR) is 109 cm³/mol. The molecule has 8 nitrogen and oxygen atoms in total. The highest BCUT2D eigenvalue weighted by atomic mass is 35.5. The van der Waals surface area contributed by atoms with Gasteiger partial charge in [-0.15, -0.1) is 0 Å². The Morgan fingerprint density at radius 1 is 1.37 bits per heavy atom. The zero-order chi connectivity index (χ0) is 21.9. The Hall–Kier alpha value is -2.59. The Morgan fingerprint density at radius 3 is 2.73 bits per heavy atom. The summed E-state index contributed by atoms with van der Waals surface area (Å²) >= 11 is 5.99. The molecule has 2 atom stereocenters. The Morgan fingerprint density at radius 2 is 2.07 bits per heavy atom. The van der Waals surface area contributed by atoms with Crippen LogP contribution >= 0.6 is 11.6 Å². The van der Waals surface area contributed by atoms with E-state index in [4.69, 9.17) is 11.6 Å². The second-order valence-corrected chi connectivity index (χ2v) is 8.05. The van der Waals surface area contributed by atoms with E-state index >= 15 is 0 Å². The van der Waals surface area contributed by atoms with Gasteiger partial charge in [0.2, 0.25) is 5.95 Å². The maximum absolute atomic E-state index is 13.9. The van der Waals surface area contributed by atoms with Crippen molar-refractivity contribution in [3.63, 3.8) is 0 Å². The lowest BCUT2D eigenvalue weighted by Crippen LogP contribution is -2.42. The van der Waals surface area contributed by atoms with Gasteiger partial charge in [-0.1, -0.05) is 11.6 Å². The van der Waals surface area contributed by atoms with Crippen LogP contribution in [-0.2, 0) is 0 Å². The lowest BCUT2D eigenvalue weighted by atomic mass is 10.0. The van der Waals surface area contributed by atoms with E-state index in [1.54, 1.807) is 0 Å². The van der Waals surface area contributed by atoms with Crippen LogP contribution in [0.4, 0.5) is 20.4 Å². The summed E-state index contributed by atoms with van der Waals surface area (Å²) in [7, 11) is 0. The Kier molecular flexibility index (Phi) is 6.67. The Bertz CT molecular complexity index is 894. The summed E-state index contributed by atoms with van der Waals surface area (Å²) in [6.45, 7) is 3.51. The van der Waals surface area contributed by atoms with Crippen molar-refractivity contribution in [2.45, 2.75) is 38.1 Å². The van der Waals surface area contributed by atoms with Crippen LogP contribution in [0, 0.1) is 5.82 Å². The van der Waals surface area contributed by atoms with Crippen LogP contribution in [0.2, 0.25) is 5.15 Å². The molecule has 1 amide bonds. The first-order valence-corrected chi connectivity index (χ1v) is 9.80. The monoisotopic (exact) mass is 440 g/mol. The molecule has 3 heterocycles. The molecule has 162 valence electrons. The molecule has 0 aliphatic carbocycles. The van der Waals surface area contributed by atoms with E-state index in [0.29, 0.717) is 24.7 Å². The van der Waals surface area contributed by atoms with Crippen molar-refractivity contribution in [2.75, 3.05) is 29.9 Å². The van der Waals surface area contributed by atoms with Crippen molar-refractivity contribution in [1.82, 2.24) is 20.3 Å². The molecule has 1 aliphatic rings. The third-order valence-corrected chi connectivity index (χ3v) is 4.97. The first-order valence-electron chi connectivity index (χ1n) is 9.42. The smallest absolute Gasteiger partial charge is 0.255 e. The van der Waals surface area contributed by atoms with E-state index in [-0.39, 0.29) is 23.3 Å². The number of halogens is 3. The van der Waals surface area contributed by atoms with Gasteiger partial charge in [0.25, 0.3) is 5.91 Å². The number of nitrogens with one attached hydrogen (secondary N) is 2. The molecule has 2 aromatic rings. The fourth-order valence-electron chi connectivity index (χ4n) is 3.01. The highest BCUT2D eigenvalue weighted by molar-refractivity contribution is 6.29. The molecular formula is C19H23ClF2N6O2. The largest absolute Gasteiger partial charge is 0.387 e. The standard InChI is InChI=1S/C19H23ClF2N6O2/c1-19(2,30)15(22)9-24-17(29)13-8-23-16(20)5-14(13)27-12-3-4-28(10-12)18-25-6-11(21)7-26-18/h5-8,12,15,30H,3-4,9-10H2,1-2H3,(H,23,27)(H,24,29)/t12-,15-/m1/s1. The Labute approximate surface area is 177 Å². The molecule has 0 aromatic carbocycles. The number of anilines is 2. The van der Waals surface area contributed by atoms with Crippen LogP contribution < -0.4 is 15.5 Å². The first kappa shape index (κ1) is 22.1. The number of hydrogen-bond donors (Lipinski definition) is 3. The first-order chi connectivity index (χ1) is 14.1. The molecule has 0 radical (unpaired) electrons. The van der Waals surface area contributed by atoms with Crippen molar-refractivity contribution >= 4 is 29.1 Å². The minimum atomic E-state index is -1.63. The fourth-order valence-corrected chi connectivity index (χ4v) is 3.16. The van der Waals surface area contributed by atoms with Crippen LogP contribution in [0.25, 0.3) is 0 Å². The molecule has 11 heteroatoms. The summed E-state index contributed by atoms with van der Waals surface area (Å²) in [4.78, 5) is 26.4. The van der Waals surface area contributed by atoms with E-state index in [2.05, 4.69) is 25.6 Å². The number of pyridine rings is 1. The van der Waals surface area contributed by atoms with Crippen molar-refractivity contribution in [3.8, 4) is 0 Å². The van der Waals surface area contributed by atoms with Crippen LogP contribution in [0.3, 0.4) is 0 Å². The maximum atomic E-state index is 13.9. The highest BCUT2D eigenvalue weighted by Gasteiger charge is 2.28. The van der Waals surface area contributed by atoms with Crippen molar-refractivity contribution in [3.05, 3.63) is 41.2 Å². The normalized spacial score (nSPS) is 17.7. The molecular weight excluding hydrogens is 418 g/mol. The number of rotatable bonds is 7. The third kappa shape index (κ3) is 5.51. The van der Waals surface area contributed by atoms with Gasteiger partial charge in [0.1, 0.15) is 11.3 Å². The van der Waals surface area contributed by atoms with Crippen molar-refractivity contribution in [2.24, 2.45) is 0 Å². The lowest BCUT2D eigenvalue weighted by molar-refractivity contribution is -0.00177. The number of nitrogens with zero attached hydrogens (tertiary/aromatic N) is 4. The summed E-state index contributed by atoms with van der Waals surface area (Å²) in [5.41, 5.74) is -0.903. The van der Waals surface area contributed by atoms with Crippen molar-refractivity contribution < 1.29 is 18.7 Å². The van der Waals surface area contributed by atoms with Crippen LogP contribution in [0.5, 0.6) is 0 Å². The minimum Gasteiger partial charge on any atom is -0.387 e. The van der Waals surface area contributed by atoms with E-state index in [0.717, 1.165) is 18.8 Å². The molecule has 1 saturated heterocycles. The number of aliphatic hydroxyl groups is 1. The minimum absolute atomic E-state index is 0.0473. The average molecular weight is 441 g/mol. The third-order valence-electron chi connectivity index (χ3n) is 4.76. The van der Waals surface area contributed by atoms with Gasteiger partial charge in [0.15, 0.2) is 5.82 Å². The second-order valence-electron chi connectivity index (χ2n) is 7.66. The summed E-state index contributed by atoms with van der Waals surface area (Å²) in [5.74, 6) is -0.618. The number of carbonyl (C=O) groups excluding carboxylic acids is 1. The predicted octanol–water partition coefficient (Wildman–Crippen LogP) is 2.19. The van der Waals surface area contributed by atoms with Crippen molar-refractivity contribution in [1.29, 1.82) is 0 Å². The second kappa shape index (κ2) is 9.05. The zero-order valence-electron chi connectivity index (χ0n) is 16.6. The summed E-state index contributed by atoms with van der Waals surface area (Å²) < 4.78 is 27.0. The average Bonchev–Trinajstić information content (AvgIpc) is 3.14. The van der Waals surface area contributed by atoms with E-state index in [1.165, 1.54) is 26.1 Å². The zero-order valence-corrected chi connectivity index (χ0v) is 17.3. The SMILES string of the molecule is CC(C)(O)[C@H](F)CNC(=O)c1cnc(Cl)cc1N[C@@H]1CCN(c2ncc(F)cn2)C1. The highest BCUT2D eigenvalue weighted by Crippen LogP contribution is 2.24. The van der Waals surface area contributed by atoms with Gasteiger partial charge >= 0.3 is 0 Å². The topological polar surface area (TPSA) is 103 Å². The molecule has 3 rings (SSSR count). The van der Waals surface area contributed by atoms with Gasteiger partial charge in [-0.3, -0.25) is 4.79 Å². The number of amides is 1. The molecule has 3 N–H and O–H groups in total. The van der Waals surface area contributed by atoms with Gasteiger partial charge in [0, 0.05) is 25.3 Å². The lowest BCUT2D eigenvalue weighted by Gasteiger charge is -2.23. The molecule has 0 saturated carbocycles. The summed E-state index contributed by atoms with van der Waals surface area (Å²) in [5, 5.41) is 15.6. The maximum Gasteiger partial charge on any atom is 0.255 e. The number of aromatic nitrogens is 3. The number of carbonyl (C=O) groups is 1. The van der Waals surface area contributed by atoms with Crippen LogP contribution in [-0.4, -0.2) is 63.4 Å². The van der Waals surface area contributed by atoms with Gasteiger partial charge in [-0.05, 0) is 26.3 Å². The molecule has 1 fully saturated rings. The molecule has 2 aromatic heterocycles. The molecule has 0 spiro atoms. The van der Waals surface area contributed by atoms with Gasteiger partial charge in [0.05, 0.1) is 35.8 Å². The van der Waals surface area contributed by atoms with Crippen LogP contribution in [0.15, 0.2) is 24.7 Å².